The number of halogens is 1. The molecule has 5 heteroatoms. The number of benzene rings is 1. The summed E-state index contributed by atoms with van der Waals surface area (Å²) < 4.78 is 6.55. The summed E-state index contributed by atoms with van der Waals surface area (Å²) in [5, 5.41) is 7.52. The molecule has 0 saturated heterocycles. The first-order valence-corrected chi connectivity index (χ1v) is 5.35. The number of para-hydroxylation sites is 1. The third-order valence-corrected chi connectivity index (χ3v) is 2.60. The van der Waals surface area contributed by atoms with Gasteiger partial charge in [-0.1, -0.05) is 12.1 Å². The number of nitrogens with zero attached hydrogens (tertiary/aromatic N) is 2. The molecule has 0 aliphatic rings. The fraction of sp³-hybridized carbons (Fsp3) is 0. The molecule has 4 nitrogen and oxygen atoms in total. The molecule has 0 spiro atoms. The summed E-state index contributed by atoms with van der Waals surface area (Å²) in [5.74, 6) is 1.58. The third kappa shape index (κ3) is 2.56. The van der Waals surface area contributed by atoms with Crippen molar-refractivity contribution < 1.29 is 4.74 Å². The molecular formula is C10H8IN3O. The number of rotatable bonds is 2. The molecule has 0 amide bonds. The van der Waals surface area contributed by atoms with E-state index < -0.39 is 0 Å². The lowest BCUT2D eigenvalue weighted by Gasteiger charge is -2.05. The largest absolute Gasteiger partial charge is 0.436 e. The molecule has 76 valence electrons. The van der Waals surface area contributed by atoms with Crippen molar-refractivity contribution in [3.05, 3.63) is 40.0 Å². The number of anilines is 1. The molecule has 1 aromatic heterocycles. The molecule has 0 bridgehead atoms. The van der Waals surface area contributed by atoms with Gasteiger partial charge in [0.15, 0.2) is 0 Å². The second kappa shape index (κ2) is 4.43. The molecule has 0 radical (unpaired) electrons. The van der Waals surface area contributed by atoms with Crippen LogP contribution in [0.5, 0.6) is 11.6 Å². The summed E-state index contributed by atoms with van der Waals surface area (Å²) in [5.41, 5.74) is 5.42. The average molecular weight is 313 g/mol. The Morgan fingerprint density at radius 3 is 2.53 bits per heavy atom. The van der Waals surface area contributed by atoms with Gasteiger partial charge in [0.05, 0.1) is 3.57 Å². The first-order valence-electron chi connectivity index (χ1n) is 4.27. The first kappa shape index (κ1) is 10.2. The molecule has 15 heavy (non-hydrogen) atoms. The van der Waals surface area contributed by atoms with Gasteiger partial charge in [-0.15, -0.1) is 10.2 Å². The van der Waals surface area contributed by atoms with Crippen molar-refractivity contribution in [1.29, 1.82) is 0 Å². The number of nitrogens with two attached hydrogens (primary N) is 1. The fourth-order valence-corrected chi connectivity index (χ4v) is 1.52. The van der Waals surface area contributed by atoms with Crippen LogP contribution in [-0.4, -0.2) is 10.2 Å². The maximum Gasteiger partial charge on any atom is 0.239 e. The zero-order chi connectivity index (χ0) is 10.7. The number of hydrogen-bond donors (Lipinski definition) is 1. The highest BCUT2D eigenvalue weighted by Crippen LogP contribution is 2.24. The van der Waals surface area contributed by atoms with E-state index in [0.29, 0.717) is 11.7 Å². The fourth-order valence-electron chi connectivity index (χ4n) is 1.02. The quantitative estimate of drug-likeness (QED) is 0.865. The van der Waals surface area contributed by atoms with E-state index in [4.69, 9.17) is 10.5 Å². The van der Waals surface area contributed by atoms with E-state index in [1.807, 2.05) is 24.3 Å². The maximum absolute atomic E-state index is 5.53. The first-order chi connectivity index (χ1) is 7.25. The highest BCUT2D eigenvalue weighted by molar-refractivity contribution is 14.1. The smallest absolute Gasteiger partial charge is 0.239 e. The molecule has 2 aromatic rings. The Kier molecular flexibility index (Phi) is 3.00. The minimum absolute atomic E-state index is 0.380. The maximum atomic E-state index is 5.53. The third-order valence-electron chi connectivity index (χ3n) is 1.71. The minimum Gasteiger partial charge on any atom is -0.436 e. The topological polar surface area (TPSA) is 61.0 Å². The van der Waals surface area contributed by atoms with Crippen LogP contribution in [0.25, 0.3) is 0 Å². The number of aromatic nitrogens is 2. The molecule has 0 saturated carbocycles. The van der Waals surface area contributed by atoms with Gasteiger partial charge in [0.2, 0.25) is 5.88 Å². The Bertz CT molecular complexity index is 458. The molecule has 1 heterocycles. The summed E-state index contributed by atoms with van der Waals surface area (Å²) in [6.07, 6.45) is 0. The second-order valence-corrected chi connectivity index (χ2v) is 3.99. The van der Waals surface area contributed by atoms with Gasteiger partial charge in [0.25, 0.3) is 0 Å². The van der Waals surface area contributed by atoms with Crippen molar-refractivity contribution in [2.24, 2.45) is 0 Å². The summed E-state index contributed by atoms with van der Waals surface area (Å²) in [7, 11) is 0. The predicted octanol–water partition coefficient (Wildman–Crippen LogP) is 2.46. The predicted molar refractivity (Wildman–Crippen MR) is 65.7 cm³/mol. The van der Waals surface area contributed by atoms with Gasteiger partial charge in [0.1, 0.15) is 11.6 Å². The Morgan fingerprint density at radius 2 is 1.87 bits per heavy atom. The molecule has 0 aliphatic carbocycles. The van der Waals surface area contributed by atoms with E-state index in [9.17, 15) is 0 Å². The molecular weight excluding hydrogens is 305 g/mol. The molecule has 2 rings (SSSR count). The number of hydrogen-bond acceptors (Lipinski definition) is 4. The minimum atomic E-state index is 0.380. The van der Waals surface area contributed by atoms with Crippen molar-refractivity contribution in [1.82, 2.24) is 10.2 Å². The van der Waals surface area contributed by atoms with Crippen molar-refractivity contribution in [3.63, 3.8) is 0 Å². The van der Waals surface area contributed by atoms with Crippen LogP contribution >= 0.6 is 22.6 Å². The zero-order valence-electron chi connectivity index (χ0n) is 7.72. The zero-order valence-corrected chi connectivity index (χ0v) is 9.88. The highest BCUT2D eigenvalue weighted by atomic mass is 127. The van der Waals surface area contributed by atoms with Crippen LogP contribution in [0.15, 0.2) is 36.4 Å². The van der Waals surface area contributed by atoms with Crippen LogP contribution in [-0.2, 0) is 0 Å². The van der Waals surface area contributed by atoms with E-state index in [2.05, 4.69) is 32.8 Å². The molecule has 0 aliphatic heterocycles. The summed E-state index contributed by atoms with van der Waals surface area (Å²) in [4.78, 5) is 0. The highest BCUT2D eigenvalue weighted by Gasteiger charge is 2.02. The van der Waals surface area contributed by atoms with Crippen LogP contribution in [0.1, 0.15) is 0 Å². The lowest BCUT2D eigenvalue weighted by molar-refractivity contribution is 0.452. The van der Waals surface area contributed by atoms with Gasteiger partial charge in [0, 0.05) is 6.07 Å². The van der Waals surface area contributed by atoms with Crippen LogP contribution in [0.3, 0.4) is 0 Å². The normalized spacial score (nSPS) is 9.93. The van der Waals surface area contributed by atoms with Crippen molar-refractivity contribution in [3.8, 4) is 11.6 Å². The Morgan fingerprint density at radius 1 is 1.07 bits per heavy atom. The summed E-state index contributed by atoms with van der Waals surface area (Å²) in [6.45, 7) is 0. The van der Waals surface area contributed by atoms with Crippen molar-refractivity contribution >= 4 is 28.4 Å². The number of ether oxygens (including phenoxy) is 1. The molecule has 0 atom stereocenters. The number of nitrogen functional groups attached to an aromatic ring is 1. The van der Waals surface area contributed by atoms with Crippen molar-refractivity contribution in [2.75, 3.05) is 5.73 Å². The van der Waals surface area contributed by atoms with E-state index in [1.54, 1.807) is 12.1 Å². The van der Waals surface area contributed by atoms with Gasteiger partial charge in [-0.25, -0.2) is 0 Å². The molecule has 0 unspecified atom stereocenters. The summed E-state index contributed by atoms with van der Waals surface area (Å²) in [6, 6.07) is 11.0. The lowest BCUT2D eigenvalue weighted by Crippen LogP contribution is -1.95. The molecule has 0 fully saturated rings. The standard InChI is InChI=1S/C10H8IN3O/c11-7-3-1-2-4-8(7)15-10-6-5-9(12)13-14-10/h1-6H,(H2,12,13). The average Bonchev–Trinajstić information content (AvgIpc) is 2.25. The van der Waals surface area contributed by atoms with E-state index in [0.717, 1.165) is 9.32 Å². The summed E-state index contributed by atoms with van der Waals surface area (Å²) >= 11 is 2.20. The molecule has 2 N–H and O–H groups in total. The Hall–Kier alpha value is -1.37. The van der Waals surface area contributed by atoms with Crippen molar-refractivity contribution in [2.45, 2.75) is 0 Å². The molecule has 1 aromatic carbocycles. The van der Waals surface area contributed by atoms with Gasteiger partial charge in [-0.2, -0.15) is 0 Å². The van der Waals surface area contributed by atoms with E-state index in [-0.39, 0.29) is 0 Å². The van der Waals surface area contributed by atoms with Crippen LogP contribution in [0.2, 0.25) is 0 Å². The Labute approximate surface area is 101 Å². The van der Waals surface area contributed by atoms with Gasteiger partial charge < -0.3 is 10.5 Å². The Balaban J connectivity index is 2.22. The SMILES string of the molecule is Nc1ccc(Oc2ccccc2I)nn1. The van der Waals surface area contributed by atoms with Gasteiger partial charge >= 0.3 is 0 Å². The van der Waals surface area contributed by atoms with Crippen LogP contribution in [0, 0.1) is 3.57 Å². The second-order valence-electron chi connectivity index (χ2n) is 2.83. The van der Waals surface area contributed by atoms with E-state index in [1.165, 1.54) is 0 Å². The van der Waals surface area contributed by atoms with E-state index >= 15 is 0 Å². The van der Waals surface area contributed by atoms with Gasteiger partial charge in [-0.05, 0) is 40.8 Å². The van der Waals surface area contributed by atoms with Crippen LogP contribution in [0.4, 0.5) is 5.82 Å². The van der Waals surface area contributed by atoms with Gasteiger partial charge in [-0.3, -0.25) is 0 Å². The lowest BCUT2D eigenvalue weighted by atomic mass is 10.3. The van der Waals surface area contributed by atoms with Crippen LogP contribution < -0.4 is 10.5 Å². The monoisotopic (exact) mass is 313 g/mol.